The Morgan fingerprint density at radius 1 is 1.28 bits per heavy atom. The number of nitrogens with one attached hydrogen (secondary N) is 1. The zero-order valence-electron chi connectivity index (χ0n) is 10.9. The zero-order chi connectivity index (χ0) is 13.6. The first-order chi connectivity index (χ1) is 8.49. The summed E-state index contributed by atoms with van der Waals surface area (Å²) in [6.45, 7) is 3.79. The Balaban J connectivity index is 2.78. The van der Waals surface area contributed by atoms with Crippen LogP contribution in [0.2, 0.25) is 0 Å². The van der Waals surface area contributed by atoms with E-state index >= 15 is 0 Å². The van der Waals surface area contributed by atoms with Crippen molar-refractivity contribution in [1.82, 2.24) is 4.72 Å². The van der Waals surface area contributed by atoms with Gasteiger partial charge in [-0.15, -0.1) is 0 Å². The molecule has 0 aliphatic heterocycles. The molecule has 0 aliphatic rings. The first-order valence-corrected chi connectivity index (χ1v) is 7.70. The average Bonchev–Trinajstić information content (AvgIpc) is 2.29. The molecular formula is C13H21NO3S. The van der Waals surface area contributed by atoms with Gasteiger partial charge < -0.3 is 5.11 Å². The average molecular weight is 271 g/mol. The Labute approximate surface area is 109 Å². The van der Waals surface area contributed by atoms with Gasteiger partial charge in [0.2, 0.25) is 10.0 Å². The first-order valence-electron chi connectivity index (χ1n) is 6.21. The molecule has 1 aromatic carbocycles. The maximum atomic E-state index is 12.0. The molecule has 0 bridgehead atoms. The lowest BCUT2D eigenvalue weighted by Gasteiger charge is -2.13. The molecule has 0 saturated heterocycles. The summed E-state index contributed by atoms with van der Waals surface area (Å²) in [5, 5.41) is 8.76. The summed E-state index contributed by atoms with van der Waals surface area (Å²) in [6.07, 6.45) is 2.40. The van der Waals surface area contributed by atoms with E-state index in [2.05, 4.69) is 11.6 Å². The Morgan fingerprint density at radius 3 is 2.39 bits per heavy atom. The highest BCUT2D eigenvalue weighted by molar-refractivity contribution is 7.89. The fourth-order valence-electron chi connectivity index (χ4n) is 1.71. The molecule has 1 unspecified atom stereocenters. The third-order valence-corrected chi connectivity index (χ3v) is 4.30. The molecule has 0 saturated carbocycles. The molecule has 0 amide bonds. The van der Waals surface area contributed by atoms with Gasteiger partial charge in [-0.3, -0.25) is 0 Å². The largest absolute Gasteiger partial charge is 0.396 e. The van der Waals surface area contributed by atoms with Crippen LogP contribution in [0.5, 0.6) is 0 Å². The Morgan fingerprint density at radius 2 is 1.89 bits per heavy atom. The lowest BCUT2D eigenvalue weighted by atomic mass is 10.1. The monoisotopic (exact) mass is 271 g/mol. The molecule has 102 valence electrons. The van der Waals surface area contributed by atoms with Crippen molar-refractivity contribution in [2.45, 2.75) is 44.0 Å². The second-order valence-corrected chi connectivity index (χ2v) is 6.14. The molecule has 0 aromatic heterocycles. The van der Waals surface area contributed by atoms with Crippen molar-refractivity contribution in [3.05, 3.63) is 29.8 Å². The van der Waals surface area contributed by atoms with Crippen molar-refractivity contribution < 1.29 is 13.5 Å². The Kier molecular flexibility index (Phi) is 5.78. The molecule has 1 atom stereocenters. The van der Waals surface area contributed by atoms with Gasteiger partial charge in [-0.25, -0.2) is 13.1 Å². The van der Waals surface area contributed by atoms with Gasteiger partial charge in [0.05, 0.1) is 4.90 Å². The molecule has 1 rings (SSSR count). The Bertz CT molecular complexity index is 454. The van der Waals surface area contributed by atoms with Crippen LogP contribution in [-0.4, -0.2) is 26.2 Å². The summed E-state index contributed by atoms with van der Waals surface area (Å²) in [5.41, 5.74) is 1.14. The second-order valence-electron chi connectivity index (χ2n) is 4.43. The Hall–Kier alpha value is -0.910. The summed E-state index contributed by atoms with van der Waals surface area (Å²) < 4.78 is 26.5. The smallest absolute Gasteiger partial charge is 0.240 e. The molecule has 0 fully saturated rings. The van der Waals surface area contributed by atoms with E-state index in [0.717, 1.165) is 18.4 Å². The molecule has 1 aromatic rings. The number of aryl methyl sites for hydroxylation is 1. The van der Waals surface area contributed by atoms with Crippen LogP contribution in [0.3, 0.4) is 0 Å². The molecular weight excluding hydrogens is 250 g/mol. The van der Waals surface area contributed by atoms with Gasteiger partial charge in [-0.2, -0.15) is 0 Å². The fraction of sp³-hybridized carbons (Fsp3) is 0.538. The molecule has 4 nitrogen and oxygen atoms in total. The van der Waals surface area contributed by atoms with Crippen LogP contribution in [0.1, 0.15) is 32.3 Å². The van der Waals surface area contributed by atoms with Crippen molar-refractivity contribution in [2.24, 2.45) is 0 Å². The number of hydrogen-bond acceptors (Lipinski definition) is 3. The van der Waals surface area contributed by atoms with Crippen LogP contribution in [0.25, 0.3) is 0 Å². The summed E-state index contributed by atoms with van der Waals surface area (Å²) in [4.78, 5) is 0.271. The van der Waals surface area contributed by atoms with Gasteiger partial charge in [-0.05, 0) is 37.5 Å². The minimum absolute atomic E-state index is 0.0286. The van der Waals surface area contributed by atoms with Gasteiger partial charge in [0.25, 0.3) is 0 Å². The predicted octanol–water partition coefficient (Wildman–Crippen LogP) is 1.69. The quantitative estimate of drug-likeness (QED) is 0.793. The topological polar surface area (TPSA) is 66.4 Å². The van der Waals surface area contributed by atoms with Gasteiger partial charge in [0.15, 0.2) is 0 Å². The minimum Gasteiger partial charge on any atom is -0.396 e. The van der Waals surface area contributed by atoms with Gasteiger partial charge in [-0.1, -0.05) is 25.5 Å². The maximum absolute atomic E-state index is 12.0. The maximum Gasteiger partial charge on any atom is 0.240 e. The molecule has 18 heavy (non-hydrogen) atoms. The third kappa shape index (κ3) is 4.40. The van der Waals surface area contributed by atoms with E-state index in [4.69, 9.17) is 5.11 Å². The molecule has 5 heteroatoms. The SMILES string of the molecule is CCCc1ccc(S(=O)(=O)NC(C)CCO)cc1. The summed E-state index contributed by atoms with van der Waals surface area (Å²) in [7, 11) is -3.47. The van der Waals surface area contributed by atoms with Crippen LogP contribution in [0.4, 0.5) is 0 Å². The lowest BCUT2D eigenvalue weighted by Crippen LogP contribution is -2.33. The number of aliphatic hydroxyl groups is 1. The van der Waals surface area contributed by atoms with Crippen LogP contribution < -0.4 is 4.72 Å². The number of aliphatic hydroxyl groups excluding tert-OH is 1. The highest BCUT2D eigenvalue weighted by atomic mass is 32.2. The number of sulfonamides is 1. The normalized spacial score (nSPS) is 13.5. The number of hydrogen-bond donors (Lipinski definition) is 2. The van der Waals surface area contributed by atoms with E-state index in [1.54, 1.807) is 19.1 Å². The van der Waals surface area contributed by atoms with E-state index in [1.165, 1.54) is 0 Å². The summed E-state index contributed by atoms with van der Waals surface area (Å²) in [6, 6.07) is 6.66. The van der Waals surface area contributed by atoms with Crippen LogP contribution in [0, 0.1) is 0 Å². The highest BCUT2D eigenvalue weighted by Crippen LogP contribution is 2.12. The zero-order valence-corrected chi connectivity index (χ0v) is 11.7. The van der Waals surface area contributed by atoms with Gasteiger partial charge >= 0.3 is 0 Å². The number of benzene rings is 1. The van der Waals surface area contributed by atoms with E-state index in [0.29, 0.717) is 6.42 Å². The molecule has 0 heterocycles. The van der Waals surface area contributed by atoms with Crippen LogP contribution in [0.15, 0.2) is 29.2 Å². The fourth-order valence-corrected chi connectivity index (χ4v) is 2.99. The van der Waals surface area contributed by atoms with Gasteiger partial charge in [0, 0.05) is 12.6 Å². The van der Waals surface area contributed by atoms with E-state index in [-0.39, 0.29) is 17.5 Å². The molecule has 0 spiro atoms. The standard InChI is InChI=1S/C13H21NO3S/c1-3-4-12-5-7-13(8-6-12)18(16,17)14-11(2)9-10-15/h5-8,11,14-15H,3-4,9-10H2,1-2H3. The van der Waals surface area contributed by atoms with Crippen molar-refractivity contribution in [2.75, 3.05) is 6.61 Å². The van der Waals surface area contributed by atoms with E-state index in [9.17, 15) is 8.42 Å². The van der Waals surface area contributed by atoms with Crippen molar-refractivity contribution in [1.29, 1.82) is 0 Å². The number of rotatable bonds is 7. The van der Waals surface area contributed by atoms with E-state index < -0.39 is 10.0 Å². The highest BCUT2D eigenvalue weighted by Gasteiger charge is 2.16. The third-order valence-electron chi connectivity index (χ3n) is 2.69. The summed E-state index contributed by atoms with van der Waals surface area (Å²) in [5.74, 6) is 0. The van der Waals surface area contributed by atoms with Crippen molar-refractivity contribution in [3.63, 3.8) is 0 Å². The summed E-state index contributed by atoms with van der Waals surface area (Å²) >= 11 is 0. The van der Waals surface area contributed by atoms with Crippen molar-refractivity contribution >= 4 is 10.0 Å². The minimum atomic E-state index is -3.47. The molecule has 0 radical (unpaired) electrons. The van der Waals surface area contributed by atoms with Crippen LogP contribution >= 0.6 is 0 Å². The lowest BCUT2D eigenvalue weighted by molar-refractivity contribution is 0.275. The second kappa shape index (κ2) is 6.87. The predicted molar refractivity (Wildman–Crippen MR) is 71.9 cm³/mol. The van der Waals surface area contributed by atoms with Crippen LogP contribution in [-0.2, 0) is 16.4 Å². The van der Waals surface area contributed by atoms with Crippen molar-refractivity contribution in [3.8, 4) is 0 Å². The van der Waals surface area contributed by atoms with Gasteiger partial charge in [0.1, 0.15) is 0 Å². The molecule has 0 aliphatic carbocycles. The van der Waals surface area contributed by atoms with E-state index in [1.807, 2.05) is 12.1 Å². The molecule has 2 N–H and O–H groups in total. The first kappa shape index (κ1) is 15.1.